The molecule has 9 heteroatoms. The molecule has 33 heavy (non-hydrogen) atoms. The highest BCUT2D eigenvalue weighted by Gasteiger charge is 2.19. The molecule has 0 spiro atoms. The summed E-state index contributed by atoms with van der Waals surface area (Å²) in [5.74, 6) is 0.261. The molecule has 0 N–H and O–H groups in total. The van der Waals surface area contributed by atoms with Gasteiger partial charge in [0.1, 0.15) is 5.82 Å². The van der Waals surface area contributed by atoms with Crippen LogP contribution in [0, 0.1) is 13.8 Å². The van der Waals surface area contributed by atoms with Gasteiger partial charge in [-0.3, -0.25) is 4.79 Å². The number of para-hydroxylation sites is 2. The highest BCUT2D eigenvalue weighted by atomic mass is 16.6. The Morgan fingerprint density at radius 1 is 1.09 bits per heavy atom. The molecule has 0 saturated carbocycles. The molecule has 0 radical (unpaired) electrons. The Bertz CT molecular complexity index is 1390. The van der Waals surface area contributed by atoms with Crippen LogP contribution in [-0.2, 0) is 9.53 Å². The molecule has 168 valence electrons. The maximum atomic E-state index is 12.9. The molecule has 9 nitrogen and oxygen atoms in total. The Morgan fingerprint density at radius 3 is 2.58 bits per heavy atom. The smallest absolute Gasteiger partial charge is 0.344 e. The molecule has 0 fully saturated rings. The number of hydrogen-bond acceptors (Lipinski definition) is 7. The lowest BCUT2D eigenvalue weighted by molar-refractivity contribution is -0.145. The van der Waals surface area contributed by atoms with Crippen LogP contribution < -0.4 is 10.3 Å². The predicted octanol–water partition coefficient (Wildman–Crippen LogP) is 3.02. The van der Waals surface area contributed by atoms with E-state index in [4.69, 9.17) is 9.47 Å². The van der Waals surface area contributed by atoms with E-state index in [9.17, 15) is 9.59 Å². The van der Waals surface area contributed by atoms with Gasteiger partial charge < -0.3 is 9.47 Å². The fraction of sp³-hybridized carbons (Fsp3) is 0.208. The zero-order valence-electron chi connectivity index (χ0n) is 18.6. The number of hydrogen-bond donors (Lipinski definition) is 0. The van der Waals surface area contributed by atoms with Crippen LogP contribution in [-0.4, -0.2) is 44.8 Å². The first-order valence-corrected chi connectivity index (χ1v) is 10.5. The summed E-state index contributed by atoms with van der Waals surface area (Å²) >= 11 is 0. The standard InChI is InChI=1S/C24H23N5O4/c1-4-32-22(30)15-33-24-20(16(2)27-29(24)18-10-6-5-7-11-18)14-25-28-17(3)26-21-13-9-8-12-19(21)23(28)31/h5-14H,4,15H2,1-3H3. The lowest BCUT2D eigenvalue weighted by Gasteiger charge is -2.10. The highest BCUT2D eigenvalue weighted by molar-refractivity contribution is 5.85. The number of nitrogens with zero attached hydrogens (tertiary/aromatic N) is 5. The number of ether oxygens (including phenoxy) is 2. The molecule has 4 aromatic rings. The minimum atomic E-state index is -0.496. The molecule has 0 aliphatic carbocycles. The number of fused-ring (bicyclic) bond motifs is 1. The molecular weight excluding hydrogens is 422 g/mol. The van der Waals surface area contributed by atoms with Crippen LogP contribution in [0.2, 0.25) is 0 Å². The Morgan fingerprint density at radius 2 is 1.82 bits per heavy atom. The quantitative estimate of drug-likeness (QED) is 0.320. The first kappa shape index (κ1) is 21.9. The minimum Gasteiger partial charge on any atom is -0.465 e. The summed E-state index contributed by atoms with van der Waals surface area (Å²) in [6.07, 6.45) is 1.49. The maximum absolute atomic E-state index is 12.9. The van der Waals surface area contributed by atoms with E-state index >= 15 is 0 Å². The van der Waals surface area contributed by atoms with E-state index < -0.39 is 5.97 Å². The van der Waals surface area contributed by atoms with E-state index in [1.807, 2.05) is 36.4 Å². The second kappa shape index (κ2) is 9.47. The van der Waals surface area contributed by atoms with Crippen molar-refractivity contribution >= 4 is 23.1 Å². The first-order valence-electron chi connectivity index (χ1n) is 10.5. The number of rotatable bonds is 7. The Labute approximate surface area is 189 Å². The van der Waals surface area contributed by atoms with Gasteiger partial charge in [0.2, 0.25) is 5.88 Å². The summed E-state index contributed by atoms with van der Waals surface area (Å²) in [6, 6.07) is 16.5. The number of carbonyl (C=O) groups excluding carboxylic acids is 1. The molecule has 0 aliphatic rings. The van der Waals surface area contributed by atoms with Crippen molar-refractivity contribution in [1.82, 2.24) is 19.4 Å². The Kier molecular flexibility index (Phi) is 6.30. The van der Waals surface area contributed by atoms with Crippen LogP contribution >= 0.6 is 0 Å². The SMILES string of the molecule is CCOC(=O)COc1c(C=Nn2c(C)nc3ccccc3c2=O)c(C)nn1-c1ccccc1. The van der Waals surface area contributed by atoms with Gasteiger partial charge in [-0.05, 0) is 45.0 Å². The van der Waals surface area contributed by atoms with E-state index in [-0.39, 0.29) is 18.8 Å². The largest absolute Gasteiger partial charge is 0.465 e. The third kappa shape index (κ3) is 4.52. The van der Waals surface area contributed by atoms with Gasteiger partial charge in [-0.25, -0.2) is 14.5 Å². The maximum Gasteiger partial charge on any atom is 0.344 e. The van der Waals surface area contributed by atoms with Crippen molar-refractivity contribution in [2.75, 3.05) is 13.2 Å². The molecule has 0 bridgehead atoms. The average molecular weight is 445 g/mol. The molecule has 2 aromatic heterocycles. The van der Waals surface area contributed by atoms with Gasteiger partial charge in [-0.1, -0.05) is 30.3 Å². The van der Waals surface area contributed by atoms with Crippen LogP contribution in [0.3, 0.4) is 0 Å². The van der Waals surface area contributed by atoms with Gasteiger partial charge >= 0.3 is 5.97 Å². The van der Waals surface area contributed by atoms with Crippen molar-refractivity contribution in [3.63, 3.8) is 0 Å². The van der Waals surface area contributed by atoms with Crippen molar-refractivity contribution in [3.05, 3.63) is 82.0 Å². The van der Waals surface area contributed by atoms with E-state index in [2.05, 4.69) is 15.2 Å². The topological polar surface area (TPSA) is 101 Å². The summed E-state index contributed by atoms with van der Waals surface area (Å²) in [7, 11) is 0. The molecule has 2 heterocycles. The second-order valence-electron chi connectivity index (χ2n) is 7.18. The fourth-order valence-corrected chi connectivity index (χ4v) is 3.37. The summed E-state index contributed by atoms with van der Waals surface area (Å²) in [4.78, 5) is 29.3. The number of aryl methyl sites for hydroxylation is 2. The number of esters is 1. The van der Waals surface area contributed by atoms with Crippen molar-refractivity contribution in [3.8, 4) is 11.6 Å². The third-order valence-electron chi connectivity index (χ3n) is 4.91. The summed E-state index contributed by atoms with van der Waals surface area (Å²) in [5, 5.41) is 9.41. The van der Waals surface area contributed by atoms with Crippen LogP contribution in [0.25, 0.3) is 16.6 Å². The van der Waals surface area contributed by atoms with Crippen molar-refractivity contribution in [2.45, 2.75) is 20.8 Å². The van der Waals surface area contributed by atoms with Crippen molar-refractivity contribution in [2.24, 2.45) is 5.10 Å². The summed E-state index contributed by atoms with van der Waals surface area (Å²) in [6.45, 7) is 5.20. The zero-order chi connectivity index (χ0) is 23.4. The van der Waals surface area contributed by atoms with E-state index in [1.54, 1.807) is 43.7 Å². The zero-order valence-corrected chi connectivity index (χ0v) is 18.6. The monoisotopic (exact) mass is 445 g/mol. The molecule has 0 amide bonds. The lowest BCUT2D eigenvalue weighted by atomic mass is 10.2. The van der Waals surface area contributed by atoms with E-state index in [0.29, 0.717) is 33.9 Å². The van der Waals surface area contributed by atoms with E-state index in [0.717, 1.165) is 5.69 Å². The number of benzene rings is 2. The molecular formula is C24H23N5O4. The van der Waals surface area contributed by atoms with Gasteiger partial charge in [0, 0.05) is 0 Å². The Hall–Kier alpha value is -4.27. The molecule has 0 unspecified atom stereocenters. The molecule has 4 rings (SSSR count). The van der Waals surface area contributed by atoms with Crippen LogP contribution in [0.4, 0.5) is 0 Å². The normalized spacial score (nSPS) is 11.2. The number of carbonyl (C=O) groups is 1. The molecule has 0 atom stereocenters. The van der Waals surface area contributed by atoms with Crippen molar-refractivity contribution < 1.29 is 14.3 Å². The number of aromatic nitrogens is 4. The van der Waals surface area contributed by atoms with Gasteiger partial charge in [-0.15, -0.1) is 0 Å². The third-order valence-corrected chi connectivity index (χ3v) is 4.91. The van der Waals surface area contributed by atoms with Crippen LogP contribution in [0.1, 0.15) is 24.0 Å². The summed E-state index contributed by atoms with van der Waals surface area (Å²) in [5.41, 5.74) is 2.22. The summed E-state index contributed by atoms with van der Waals surface area (Å²) < 4.78 is 13.6. The first-order chi connectivity index (χ1) is 16.0. The minimum absolute atomic E-state index is 0.255. The predicted molar refractivity (Wildman–Crippen MR) is 124 cm³/mol. The van der Waals surface area contributed by atoms with Gasteiger partial charge in [0.05, 0.1) is 40.7 Å². The fourth-order valence-electron chi connectivity index (χ4n) is 3.37. The van der Waals surface area contributed by atoms with E-state index in [1.165, 1.54) is 10.9 Å². The van der Waals surface area contributed by atoms with Crippen LogP contribution in [0.15, 0.2) is 64.5 Å². The van der Waals surface area contributed by atoms with Crippen LogP contribution in [0.5, 0.6) is 5.88 Å². The highest BCUT2D eigenvalue weighted by Crippen LogP contribution is 2.25. The second-order valence-corrected chi connectivity index (χ2v) is 7.18. The van der Waals surface area contributed by atoms with Gasteiger partial charge in [0.25, 0.3) is 5.56 Å². The Balaban J connectivity index is 1.78. The van der Waals surface area contributed by atoms with Gasteiger partial charge in [-0.2, -0.15) is 14.9 Å². The lowest BCUT2D eigenvalue weighted by Crippen LogP contribution is -2.20. The molecule has 0 saturated heterocycles. The van der Waals surface area contributed by atoms with Crippen molar-refractivity contribution in [1.29, 1.82) is 0 Å². The molecule has 2 aromatic carbocycles. The molecule has 0 aliphatic heterocycles. The van der Waals surface area contributed by atoms with Gasteiger partial charge in [0.15, 0.2) is 6.61 Å². The average Bonchev–Trinajstić information content (AvgIpc) is 3.13.